The molecule has 3 aromatic rings. The third kappa shape index (κ3) is 5.23. The predicted molar refractivity (Wildman–Crippen MR) is 124 cm³/mol. The fourth-order valence-corrected chi connectivity index (χ4v) is 4.66. The van der Waals surface area contributed by atoms with E-state index in [0.29, 0.717) is 30.2 Å². The maximum Gasteiger partial charge on any atom is 0.335 e. The van der Waals surface area contributed by atoms with E-state index in [0.717, 1.165) is 11.1 Å². The minimum atomic E-state index is -1.00. The van der Waals surface area contributed by atoms with E-state index in [1.165, 1.54) is 36.0 Å². The molecule has 1 atom stereocenters. The van der Waals surface area contributed by atoms with Crippen LogP contribution in [0.2, 0.25) is 0 Å². The van der Waals surface area contributed by atoms with Gasteiger partial charge in [0.15, 0.2) is 5.17 Å². The molecule has 162 valence electrons. The number of benzene rings is 3. The first-order valence-corrected chi connectivity index (χ1v) is 11.1. The van der Waals surface area contributed by atoms with E-state index >= 15 is 0 Å². The molecule has 3 aromatic carbocycles. The van der Waals surface area contributed by atoms with Crippen LogP contribution in [0.5, 0.6) is 0 Å². The molecule has 1 saturated heterocycles. The summed E-state index contributed by atoms with van der Waals surface area (Å²) in [5.74, 6) is -1.34. The molecular formula is C25H21FN2O3S. The second-order valence-corrected chi connectivity index (χ2v) is 8.58. The zero-order valence-electron chi connectivity index (χ0n) is 17.1. The normalized spacial score (nSPS) is 17.2. The number of aromatic carboxylic acids is 1. The zero-order valence-corrected chi connectivity index (χ0v) is 18.0. The number of hydrogen-bond acceptors (Lipinski definition) is 4. The smallest absolute Gasteiger partial charge is 0.335 e. The summed E-state index contributed by atoms with van der Waals surface area (Å²) in [4.78, 5) is 30.6. The molecule has 0 aliphatic carbocycles. The lowest BCUT2D eigenvalue weighted by molar-refractivity contribution is -0.126. The monoisotopic (exact) mass is 448 g/mol. The van der Waals surface area contributed by atoms with Crippen LogP contribution in [0.1, 0.15) is 21.5 Å². The Kier molecular flexibility index (Phi) is 6.66. The van der Waals surface area contributed by atoms with Gasteiger partial charge >= 0.3 is 5.97 Å². The summed E-state index contributed by atoms with van der Waals surface area (Å²) in [6, 6.07) is 22.3. The van der Waals surface area contributed by atoms with Crippen LogP contribution in [-0.4, -0.2) is 38.8 Å². The molecule has 0 spiro atoms. The summed E-state index contributed by atoms with van der Waals surface area (Å²) >= 11 is 1.38. The summed E-state index contributed by atoms with van der Waals surface area (Å²) in [5, 5.41) is 9.32. The molecule has 1 fully saturated rings. The van der Waals surface area contributed by atoms with Crippen LogP contribution in [0.4, 0.5) is 10.1 Å². The Morgan fingerprint density at radius 1 is 0.969 bits per heavy atom. The van der Waals surface area contributed by atoms with Crippen molar-refractivity contribution in [3.63, 3.8) is 0 Å². The summed E-state index contributed by atoms with van der Waals surface area (Å²) in [6.45, 7) is 0.488. The first-order chi connectivity index (χ1) is 15.5. The van der Waals surface area contributed by atoms with E-state index < -0.39 is 5.97 Å². The number of carboxylic acids is 1. The van der Waals surface area contributed by atoms with Crippen LogP contribution in [0.15, 0.2) is 83.9 Å². The second-order valence-electron chi connectivity index (χ2n) is 7.41. The number of rotatable bonds is 7. The van der Waals surface area contributed by atoms with Gasteiger partial charge in [-0.15, -0.1) is 0 Å². The van der Waals surface area contributed by atoms with E-state index in [2.05, 4.69) is 4.99 Å². The van der Waals surface area contributed by atoms with Gasteiger partial charge in [0, 0.05) is 6.54 Å². The van der Waals surface area contributed by atoms with Gasteiger partial charge in [0.1, 0.15) is 5.82 Å². The van der Waals surface area contributed by atoms with Gasteiger partial charge in [-0.3, -0.25) is 9.69 Å². The van der Waals surface area contributed by atoms with Crippen molar-refractivity contribution in [3.05, 3.63) is 101 Å². The molecule has 0 bridgehead atoms. The van der Waals surface area contributed by atoms with E-state index in [9.17, 15) is 14.0 Å². The Balaban J connectivity index is 1.57. The Morgan fingerprint density at radius 3 is 2.31 bits per heavy atom. The highest BCUT2D eigenvalue weighted by Gasteiger charge is 2.37. The lowest BCUT2D eigenvalue weighted by atomic mass is 10.1. The van der Waals surface area contributed by atoms with Crippen molar-refractivity contribution in [2.24, 2.45) is 4.99 Å². The Hall–Kier alpha value is -3.45. The number of nitrogens with zero attached hydrogens (tertiary/aromatic N) is 2. The molecule has 0 saturated carbocycles. The van der Waals surface area contributed by atoms with Crippen molar-refractivity contribution in [1.82, 2.24) is 4.90 Å². The molecule has 1 aliphatic heterocycles. The van der Waals surface area contributed by atoms with E-state index in [-0.39, 0.29) is 22.5 Å². The van der Waals surface area contributed by atoms with Gasteiger partial charge in [0.25, 0.3) is 0 Å². The summed E-state index contributed by atoms with van der Waals surface area (Å²) < 4.78 is 13.2. The fourth-order valence-electron chi connectivity index (χ4n) is 3.44. The SMILES string of the molecule is O=C(O)c1ccc(N=C2SC(Cc3ccc(F)cc3)C(=O)N2CCc2ccccc2)cc1. The Labute approximate surface area is 189 Å². The molecule has 1 amide bonds. The third-order valence-corrected chi connectivity index (χ3v) is 6.34. The minimum Gasteiger partial charge on any atom is -0.478 e. The molecule has 1 unspecified atom stereocenters. The number of hydrogen-bond donors (Lipinski definition) is 1. The number of halogens is 1. The number of carboxylic acid groups (broad SMARTS) is 1. The first-order valence-electron chi connectivity index (χ1n) is 10.2. The molecule has 5 nitrogen and oxygen atoms in total. The molecule has 1 heterocycles. The lowest BCUT2D eigenvalue weighted by Gasteiger charge is -2.16. The topological polar surface area (TPSA) is 70.0 Å². The van der Waals surface area contributed by atoms with Crippen LogP contribution in [-0.2, 0) is 17.6 Å². The van der Waals surface area contributed by atoms with Crippen LogP contribution >= 0.6 is 11.8 Å². The number of thioether (sulfide) groups is 1. The predicted octanol–water partition coefficient (Wildman–Crippen LogP) is 4.94. The molecule has 1 N–H and O–H groups in total. The van der Waals surface area contributed by atoms with E-state index in [4.69, 9.17) is 5.11 Å². The van der Waals surface area contributed by atoms with Crippen LogP contribution in [0.25, 0.3) is 0 Å². The maximum atomic E-state index is 13.2. The van der Waals surface area contributed by atoms with Crippen LogP contribution in [0, 0.1) is 5.82 Å². The quantitative estimate of drug-likeness (QED) is 0.556. The highest BCUT2D eigenvalue weighted by molar-refractivity contribution is 8.15. The average molecular weight is 449 g/mol. The van der Waals surface area contributed by atoms with Gasteiger partial charge < -0.3 is 5.11 Å². The molecule has 7 heteroatoms. The first kappa shape index (κ1) is 21.8. The molecule has 0 radical (unpaired) electrons. The van der Waals surface area contributed by atoms with Gasteiger partial charge in [0.2, 0.25) is 5.91 Å². The van der Waals surface area contributed by atoms with Gasteiger partial charge in [-0.05, 0) is 60.4 Å². The fraction of sp³-hybridized carbons (Fsp3) is 0.160. The van der Waals surface area contributed by atoms with Crippen LogP contribution in [0.3, 0.4) is 0 Å². The van der Waals surface area contributed by atoms with Crippen molar-refractivity contribution in [3.8, 4) is 0 Å². The number of carbonyl (C=O) groups is 2. The van der Waals surface area contributed by atoms with Gasteiger partial charge in [-0.1, -0.05) is 54.2 Å². The van der Waals surface area contributed by atoms with Crippen molar-refractivity contribution in [2.45, 2.75) is 18.1 Å². The molecular weight excluding hydrogens is 427 g/mol. The number of aliphatic imine (C=N–C) groups is 1. The molecule has 0 aromatic heterocycles. The third-order valence-electron chi connectivity index (χ3n) is 5.16. The van der Waals surface area contributed by atoms with Gasteiger partial charge in [-0.2, -0.15) is 0 Å². The van der Waals surface area contributed by atoms with Crippen LogP contribution < -0.4 is 0 Å². The van der Waals surface area contributed by atoms with Gasteiger partial charge in [-0.25, -0.2) is 14.2 Å². The van der Waals surface area contributed by atoms with Crippen molar-refractivity contribution < 1.29 is 19.1 Å². The second kappa shape index (κ2) is 9.78. The molecule has 4 rings (SSSR count). The summed E-state index contributed by atoms with van der Waals surface area (Å²) in [5.41, 5.74) is 2.77. The van der Waals surface area contributed by atoms with Gasteiger partial charge in [0.05, 0.1) is 16.5 Å². The molecule has 32 heavy (non-hydrogen) atoms. The van der Waals surface area contributed by atoms with E-state index in [1.54, 1.807) is 29.2 Å². The van der Waals surface area contributed by atoms with Crippen molar-refractivity contribution >= 4 is 34.5 Å². The average Bonchev–Trinajstić information content (AvgIpc) is 3.08. The van der Waals surface area contributed by atoms with Crippen molar-refractivity contribution in [1.29, 1.82) is 0 Å². The molecule has 1 aliphatic rings. The number of amidine groups is 1. The van der Waals surface area contributed by atoms with Crippen molar-refractivity contribution in [2.75, 3.05) is 6.54 Å². The summed E-state index contributed by atoms with van der Waals surface area (Å²) in [7, 11) is 0. The Morgan fingerprint density at radius 2 is 1.66 bits per heavy atom. The maximum absolute atomic E-state index is 13.2. The highest BCUT2D eigenvalue weighted by atomic mass is 32.2. The highest BCUT2D eigenvalue weighted by Crippen LogP contribution is 2.32. The van der Waals surface area contributed by atoms with E-state index in [1.807, 2.05) is 30.3 Å². The standard InChI is InChI=1S/C25H21FN2O3S/c26-20-10-6-18(7-11-20)16-22-23(29)28(15-14-17-4-2-1-3-5-17)25(32-22)27-21-12-8-19(9-13-21)24(30)31/h1-13,22H,14-16H2,(H,30,31). The largest absolute Gasteiger partial charge is 0.478 e. The number of amides is 1. The zero-order chi connectivity index (χ0) is 22.5. The lowest BCUT2D eigenvalue weighted by Crippen LogP contribution is -2.34. The summed E-state index contributed by atoms with van der Waals surface area (Å²) in [6.07, 6.45) is 1.16. The minimum absolute atomic E-state index is 0.0313. The Bertz CT molecular complexity index is 1130. The number of carbonyl (C=O) groups excluding carboxylic acids is 1.